The Labute approximate surface area is 130 Å². The van der Waals surface area contributed by atoms with Gasteiger partial charge in [0.2, 0.25) is 5.91 Å². The second-order valence-electron chi connectivity index (χ2n) is 6.30. The van der Waals surface area contributed by atoms with Crippen molar-refractivity contribution < 1.29 is 19.4 Å². The van der Waals surface area contributed by atoms with Crippen molar-refractivity contribution in [2.75, 3.05) is 19.7 Å². The number of carbonyl (C=O) groups excluding carboxylic acids is 1. The lowest BCUT2D eigenvalue weighted by Crippen LogP contribution is -2.35. The third kappa shape index (κ3) is 3.59. The number of ether oxygens (including phenoxy) is 1. The summed E-state index contributed by atoms with van der Waals surface area (Å²) in [5.74, 6) is -0.0886. The number of hydrogen-bond acceptors (Lipinski definition) is 3. The van der Waals surface area contributed by atoms with Gasteiger partial charge in [0.15, 0.2) is 0 Å². The molecule has 0 radical (unpaired) electrons. The molecular formula is C17H23NO4. The smallest absolute Gasteiger partial charge is 0.311 e. The van der Waals surface area contributed by atoms with Gasteiger partial charge in [-0.1, -0.05) is 12.1 Å². The van der Waals surface area contributed by atoms with Gasteiger partial charge >= 0.3 is 5.97 Å². The van der Waals surface area contributed by atoms with Gasteiger partial charge in [-0.15, -0.1) is 0 Å². The topological polar surface area (TPSA) is 66.8 Å². The molecule has 1 fully saturated rings. The maximum Gasteiger partial charge on any atom is 0.311 e. The monoisotopic (exact) mass is 305 g/mol. The number of hydrogen-bond donors (Lipinski definition) is 1. The quantitative estimate of drug-likeness (QED) is 0.907. The Bertz CT molecular complexity index is 584. The van der Waals surface area contributed by atoms with Gasteiger partial charge in [-0.25, -0.2) is 0 Å². The van der Waals surface area contributed by atoms with Gasteiger partial charge < -0.3 is 14.7 Å². The fourth-order valence-corrected chi connectivity index (χ4v) is 2.62. The van der Waals surface area contributed by atoms with Crippen molar-refractivity contribution in [3.8, 4) is 5.75 Å². The van der Waals surface area contributed by atoms with E-state index in [0.717, 1.165) is 16.9 Å². The standard InChI is InChI=1S/C17H23NO4/c1-12-4-5-13(2)14(10-12)22-9-6-15(19)18-8-7-17(3,11-18)16(20)21/h4-5,10H,6-9,11H2,1-3H3,(H,20,21). The van der Waals surface area contributed by atoms with Gasteiger partial charge in [-0.3, -0.25) is 9.59 Å². The number of benzene rings is 1. The van der Waals surface area contributed by atoms with Crippen LogP contribution in [0, 0.1) is 19.3 Å². The summed E-state index contributed by atoms with van der Waals surface area (Å²) in [6.07, 6.45) is 0.773. The van der Waals surface area contributed by atoms with Crippen LogP contribution in [-0.4, -0.2) is 41.6 Å². The molecule has 0 bridgehead atoms. The molecule has 0 aromatic heterocycles. The molecule has 1 aliphatic heterocycles. The predicted octanol–water partition coefficient (Wildman–Crippen LogP) is 2.40. The first kappa shape index (κ1) is 16.3. The fourth-order valence-electron chi connectivity index (χ4n) is 2.62. The number of aryl methyl sites for hydroxylation is 2. The van der Waals surface area contributed by atoms with E-state index in [1.807, 2.05) is 32.0 Å². The van der Waals surface area contributed by atoms with Crippen LogP contribution in [0.15, 0.2) is 18.2 Å². The van der Waals surface area contributed by atoms with Gasteiger partial charge in [0.25, 0.3) is 0 Å². The lowest BCUT2D eigenvalue weighted by molar-refractivity contribution is -0.147. The van der Waals surface area contributed by atoms with Gasteiger partial charge in [0.1, 0.15) is 5.75 Å². The zero-order chi connectivity index (χ0) is 16.3. The summed E-state index contributed by atoms with van der Waals surface area (Å²) >= 11 is 0. The molecule has 1 N–H and O–H groups in total. The lowest BCUT2D eigenvalue weighted by Gasteiger charge is -2.20. The summed E-state index contributed by atoms with van der Waals surface area (Å²) in [5.41, 5.74) is 1.34. The molecule has 0 saturated carbocycles. The lowest BCUT2D eigenvalue weighted by atomic mass is 9.90. The Morgan fingerprint density at radius 3 is 2.73 bits per heavy atom. The zero-order valence-corrected chi connectivity index (χ0v) is 13.4. The minimum atomic E-state index is -0.838. The van der Waals surface area contributed by atoms with E-state index in [4.69, 9.17) is 4.74 Å². The summed E-state index contributed by atoms with van der Waals surface area (Å²) < 4.78 is 5.68. The van der Waals surface area contributed by atoms with E-state index in [0.29, 0.717) is 19.6 Å². The number of aliphatic carboxylic acids is 1. The largest absolute Gasteiger partial charge is 0.493 e. The third-order valence-electron chi connectivity index (χ3n) is 4.26. The Hall–Kier alpha value is -2.04. The van der Waals surface area contributed by atoms with Crippen LogP contribution in [0.25, 0.3) is 0 Å². The Balaban J connectivity index is 1.84. The van der Waals surface area contributed by atoms with E-state index in [1.165, 1.54) is 0 Å². The first-order chi connectivity index (χ1) is 10.3. The summed E-state index contributed by atoms with van der Waals surface area (Å²) in [7, 11) is 0. The highest BCUT2D eigenvalue weighted by Crippen LogP contribution is 2.30. The molecule has 2 rings (SSSR count). The van der Waals surface area contributed by atoms with E-state index in [-0.39, 0.29) is 18.9 Å². The van der Waals surface area contributed by atoms with E-state index < -0.39 is 11.4 Å². The van der Waals surface area contributed by atoms with E-state index >= 15 is 0 Å². The van der Waals surface area contributed by atoms with Crippen molar-refractivity contribution in [2.45, 2.75) is 33.6 Å². The molecular weight excluding hydrogens is 282 g/mol. The van der Waals surface area contributed by atoms with Crippen molar-refractivity contribution in [2.24, 2.45) is 5.41 Å². The summed E-state index contributed by atoms with van der Waals surface area (Å²) in [6.45, 7) is 6.75. The molecule has 5 heteroatoms. The molecule has 120 valence electrons. The Morgan fingerprint density at radius 2 is 2.09 bits per heavy atom. The Morgan fingerprint density at radius 1 is 1.36 bits per heavy atom. The number of amides is 1. The molecule has 1 unspecified atom stereocenters. The predicted molar refractivity (Wildman–Crippen MR) is 83.0 cm³/mol. The number of carboxylic acids is 1. The maximum absolute atomic E-state index is 12.2. The van der Waals surface area contributed by atoms with Gasteiger partial charge in [0.05, 0.1) is 18.4 Å². The SMILES string of the molecule is Cc1ccc(C)c(OCCC(=O)N2CCC(C)(C(=O)O)C2)c1. The molecule has 1 aromatic carbocycles. The first-order valence-electron chi connectivity index (χ1n) is 7.53. The second kappa shape index (κ2) is 6.38. The van der Waals surface area contributed by atoms with Crippen molar-refractivity contribution in [1.29, 1.82) is 0 Å². The molecule has 1 heterocycles. The molecule has 0 aliphatic carbocycles. The molecule has 1 saturated heterocycles. The summed E-state index contributed by atoms with van der Waals surface area (Å²) in [6, 6.07) is 5.97. The van der Waals surface area contributed by atoms with Crippen molar-refractivity contribution in [3.63, 3.8) is 0 Å². The molecule has 22 heavy (non-hydrogen) atoms. The maximum atomic E-state index is 12.2. The molecule has 1 aromatic rings. The van der Waals surface area contributed by atoms with Crippen LogP contribution < -0.4 is 4.74 Å². The molecule has 0 spiro atoms. The fraction of sp³-hybridized carbons (Fsp3) is 0.529. The van der Waals surface area contributed by atoms with Crippen LogP contribution in [0.5, 0.6) is 5.75 Å². The average Bonchev–Trinajstić information content (AvgIpc) is 2.87. The average molecular weight is 305 g/mol. The zero-order valence-electron chi connectivity index (χ0n) is 13.4. The summed E-state index contributed by atoms with van der Waals surface area (Å²) in [4.78, 5) is 25.0. The van der Waals surface area contributed by atoms with Crippen LogP contribution in [0.3, 0.4) is 0 Å². The van der Waals surface area contributed by atoms with Crippen LogP contribution in [0.2, 0.25) is 0 Å². The Kier molecular flexibility index (Phi) is 4.74. The van der Waals surface area contributed by atoms with Gasteiger partial charge in [-0.2, -0.15) is 0 Å². The van der Waals surface area contributed by atoms with Crippen LogP contribution in [0.1, 0.15) is 30.9 Å². The summed E-state index contributed by atoms with van der Waals surface area (Å²) in [5, 5.41) is 9.19. The van der Waals surface area contributed by atoms with Crippen molar-refractivity contribution in [1.82, 2.24) is 4.90 Å². The molecule has 1 aliphatic rings. The van der Waals surface area contributed by atoms with E-state index in [2.05, 4.69) is 0 Å². The number of carboxylic acid groups (broad SMARTS) is 1. The number of likely N-dealkylation sites (tertiary alicyclic amines) is 1. The molecule has 1 atom stereocenters. The number of rotatable bonds is 5. The second-order valence-corrected chi connectivity index (χ2v) is 6.30. The van der Waals surface area contributed by atoms with Crippen molar-refractivity contribution in [3.05, 3.63) is 29.3 Å². The van der Waals surface area contributed by atoms with E-state index in [9.17, 15) is 14.7 Å². The normalized spacial score (nSPS) is 21.0. The van der Waals surface area contributed by atoms with Gasteiger partial charge in [0, 0.05) is 13.1 Å². The minimum Gasteiger partial charge on any atom is -0.493 e. The molecule has 5 nitrogen and oxygen atoms in total. The number of carbonyl (C=O) groups is 2. The molecule has 1 amide bonds. The third-order valence-corrected chi connectivity index (χ3v) is 4.26. The first-order valence-corrected chi connectivity index (χ1v) is 7.53. The minimum absolute atomic E-state index is 0.0460. The van der Waals surface area contributed by atoms with Crippen molar-refractivity contribution >= 4 is 11.9 Å². The highest BCUT2D eigenvalue weighted by Gasteiger charge is 2.41. The van der Waals surface area contributed by atoms with E-state index in [1.54, 1.807) is 11.8 Å². The number of nitrogens with zero attached hydrogens (tertiary/aromatic N) is 1. The van der Waals surface area contributed by atoms with Crippen LogP contribution in [-0.2, 0) is 9.59 Å². The van der Waals surface area contributed by atoms with Gasteiger partial charge in [-0.05, 0) is 44.4 Å². The van der Waals surface area contributed by atoms with Crippen LogP contribution >= 0.6 is 0 Å². The van der Waals surface area contributed by atoms with Crippen LogP contribution in [0.4, 0.5) is 0 Å². The highest BCUT2D eigenvalue weighted by atomic mass is 16.5. The highest BCUT2D eigenvalue weighted by molar-refractivity contribution is 5.80.